The Labute approximate surface area is 152 Å². The average molecular weight is 348 g/mol. The molecule has 5 heteroatoms. The van der Waals surface area contributed by atoms with Crippen LogP contribution in [0.1, 0.15) is 38.2 Å². The minimum atomic E-state index is 0.344. The Morgan fingerprint density at radius 3 is 2.52 bits per heavy atom. The second-order valence-corrected chi connectivity index (χ2v) is 6.88. The lowest BCUT2D eigenvalue weighted by Crippen LogP contribution is -2.41. The predicted octanol–water partition coefficient (Wildman–Crippen LogP) is 3.14. The first-order valence-electron chi connectivity index (χ1n) is 9.38. The van der Waals surface area contributed by atoms with Gasteiger partial charge in [0.1, 0.15) is 12.4 Å². The summed E-state index contributed by atoms with van der Waals surface area (Å²) in [6.45, 7) is 8.05. The summed E-state index contributed by atoms with van der Waals surface area (Å²) in [5.74, 6) is 1.78. The van der Waals surface area contributed by atoms with Gasteiger partial charge in [0.2, 0.25) is 0 Å². The fraction of sp³-hybridized carbons (Fsp3) is 0.650. The fourth-order valence-corrected chi connectivity index (χ4v) is 3.04. The normalized spacial score (nSPS) is 16.2. The highest BCUT2D eigenvalue weighted by molar-refractivity contribution is 5.79. The Balaban J connectivity index is 1.76. The van der Waals surface area contributed by atoms with Gasteiger partial charge in [-0.05, 0) is 50.7 Å². The van der Waals surface area contributed by atoms with Crippen molar-refractivity contribution in [1.82, 2.24) is 10.6 Å². The van der Waals surface area contributed by atoms with Gasteiger partial charge in [0, 0.05) is 26.8 Å². The molecule has 0 heterocycles. The van der Waals surface area contributed by atoms with Crippen molar-refractivity contribution in [2.45, 2.75) is 39.5 Å². The molecular weight excluding hydrogens is 314 g/mol. The van der Waals surface area contributed by atoms with Crippen LogP contribution in [0.5, 0.6) is 5.75 Å². The van der Waals surface area contributed by atoms with Gasteiger partial charge >= 0.3 is 0 Å². The number of hydrogen-bond acceptors (Lipinski definition) is 3. The third-order valence-electron chi connectivity index (χ3n) is 4.85. The molecule has 0 spiro atoms. The third kappa shape index (κ3) is 6.58. The zero-order chi connectivity index (χ0) is 18.0. The molecule has 0 bridgehead atoms. The smallest absolute Gasteiger partial charge is 0.191 e. The number of benzene rings is 1. The lowest BCUT2D eigenvalue weighted by molar-refractivity contribution is 0.0778. The van der Waals surface area contributed by atoms with Crippen molar-refractivity contribution >= 4 is 5.96 Å². The molecule has 1 fully saturated rings. The number of hydrogen-bond donors (Lipinski definition) is 2. The minimum Gasteiger partial charge on any atom is -0.492 e. The molecule has 0 radical (unpaired) electrons. The maximum absolute atomic E-state index is 5.76. The first kappa shape index (κ1) is 19.6. The van der Waals surface area contributed by atoms with E-state index in [-0.39, 0.29) is 0 Å². The van der Waals surface area contributed by atoms with Crippen molar-refractivity contribution in [2.75, 3.05) is 40.0 Å². The number of ether oxygens (including phenoxy) is 2. The summed E-state index contributed by atoms with van der Waals surface area (Å²) >= 11 is 0. The van der Waals surface area contributed by atoms with Crippen molar-refractivity contribution < 1.29 is 9.47 Å². The van der Waals surface area contributed by atoms with Gasteiger partial charge in [-0.1, -0.05) is 24.1 Å². The van der Waals surface area contributed by atoms with E-state index in [1.165, 1.54) is 24.8 Å². The summed E-state index contributed by atoms with van der Waals surface area (Å²) in [6, 6.07) is 8.13. The summed E-state index contributed by atoms with van der Waals surface area (Å²) in [5, 5.41) is 6.68. The van der Waals surface area contributed by atoms with E-state index >= 15 is 0 Å². The van der Waals surface area contributed by atoms with Crippen LogP contribution < -0.4 is 15.4 Å². The molecule has 140 valence electrons. The molecule has 2 N–H and O–H groups in total. The first-order valence-corrected chi connectivity index (χ1v) is 9.38. The highest BCUT2D eigenvalue weighted by Crippen LogP contribution is 2.44. The predicted molar refractivity (Wildman–Crippen MR) is 103 cm³/mol. The molecule has 0 amide bonds. The highest BCUT2D eigenvalue weighted by atomic mass is 16.5. The summed E-state index contributed by atoms with van der Waals surface area (Å²) < 4.78 is 11.0. The first-order chi connectivity index (χ1) is 12.2. The van der Waals surface area contributed by atoms with Gasteiger partial charge in [-0.25, -0.2) is 0 Å². The zero-order valence-corrected chi connectivity index (χ0v) is 15.9. The van der Waals surface area contributed by atoms with Crippen LogP contribution in [0, 0.1) is 12.3 Å². The van der Waals surface area contributed by atoms with Crippen LogP contribution in [0.25, 0.3) is 0 Å². The van der Waals surface area contributed by atoms with Gasteiger partial charge in [0.25, 0.3) is 0 Å². The monoisotopic (exact) mass is 347 g/mol. The molecular formula is C20H33N3O2. The number of methoxy groups -OCH3 is 1. The topological polar surface area (TPSA) is 54.9 Å². The number of nitrogens with zero attached hydrogens (tertiary/aromatic N) is 1. The third-order valence-corrected chi connectivity index (χ3v) is 4.85. The summed E-state index contributed by atoms with van der Waals surface area (Å²) in [5.41, 5.74) is 1.59. The van der Waals surface area contributed by atoms with Crippen LogP contribution in [0.2, 0.25) is 0 Å². The molecule has 0 saturated heterocycles. The summed E-state index contributed by atoms with van der Waals surface area (Å²) in [7, 11) is 1.77. The Morgan fingerprint density at radius 1 is 1.16 bits per heavy atom. The Bertz CT molecular complexity index is 524. The molecule has 1 aliphatic rings. The molecule has 0 aromatic heterocycles. The molecule has 1 aromatic rings. The molecule has 0 aliphatic heterocycles. The fourth-order valence-electron chi connectivity index (χ4n) is 3.04. The summed E-state index contributed by atoms with van der Waals surface area (Å²) in [6.07, 6.45) is 4.93. The van der Waals surface area contributed by atoms with E-state index in [1.54, 1.807) is 7.11 Å². The Morgan fingerprint density at radius 2 is 1.92 bits per heavy atom. The second kappa shape index (κ2) is 10.3. The number of aliphatic imine (C=N–C) groups is 1. The highest BCUT2D eigenvalue weighted by Gasteiger charge is 2.36. The maximum Gasteiger partial charge on any atom is 0.191 e. The van der Waals surface area contributed by atoms with Crippen molar-refractivity contribution in [2.24, 2.45) is 10.4 Å². The van der Waals surface area contributed by atoms with Gasteiger partial charge in [-0.15, -0.1) is 0 Å². The van der Waals surface area contributed by atoms with Crippen molar-refractivity contribution in [3.63, 3.8) is 0 Å². The zero-order valence-electron chi connectivity index (χ0n) is 15.9. The van der Waals surface area contributed by atoms with Crippen LogP contribution in [0.4, 0.5) is 0 Å². The van der Waals surface area contributed by atoms with Gasteiger partial charge in [-0.3, -0.25) is 4.99 Å². The van der Waals surface area contributed by atoms with Gasteiger partial charge in [0.05, 0.1) is 6.54 Å². The van der Waals surface area contributed by atoms with Gasteiger partial charge in [-0.2, -0.15) is 0 Å². The minimum absolute atomic E-state index is 0.344. The number of guanidine groups is 1. The quantitative estimate of drug-likeness (QED) is 0.388. The molecule has 5 nitrogen and oxygen atoms in total. The van der Waals surface area contributed by atoms with E-state index in [0.29, 0.717) is 12.0 Å². The molecule has 25 heavy (non-hydrogen) atoms. The van der Waals surface area contributed by atoms with Crippen LogP contribution in [-0.4, -0.2) is 45.9 Å². The van der Waals surface area contributed by atoms with Crippen LogP contribution >= 0.6 is 0 Å². The van der Waals surface area contributed by atoms with Crippen LogP contribution in [0.15, 0.2) is 29.3 Å². The van der Waals surface area contributed by atoms with Gasteiger partial charge < -0.3 is 20.1 Å². The van der Waals surface area contributed by atoms with Crippen molar-refractivity contribution in [3.05, 3.63) is 29.8 Å². The van der Waals surface area contributed by atoms with E-state index < -0.39 is 0 Å². The van der Waals surface area contributed by atoms with Crippen LogP contribution in [-0.2, 0) is 4.74 Å². The van der Waals surface area contributed by atoms with E-state index in [9.17, 15) is 0 Å². The lowest BCUT2D eigenvalue weighted by Gasteiger charge is -2.40. The Hall–Kier alpha value is -1.75. The maximum atomic E-state index is 5.76. The van der Waals surface area contributed by atoms with E-state index in [2.05, 4.69) is 36.6 Å². The lowest BCUT2D eigenvalue weighted by atomic mass is 9.67. The SMILES string of the molecule is CCNC(=NCC1(CCOC)CCC1)NCCOc1ccc(C)cc1. The number of rotatable bonds is 10. The number of nitrogens with one attached hydrogen (secondary N) is 2. The van der Waals surface area contributed by atoms with E-state index in [4.69, 9.17) is 14.5 Å². The summed E-state index contributed by atoms with van der Waals surface area (Å²) in [4.78, 5) is 4.80. The van der Waals surface area contributed by atoms with Crippen molar-refractivity contribution in [3.8, 4) is 5.75 Å². The Kier molecular flexibility index (Phi) is 8.06. The van der Waals surface area contributed by atoms with Crippen molar-refractivity contribution in [1.29, 1.82) is 0 Å². The van der Waals surface area contributed by atoms with Gasteiger partial charge in [0.15, 0.2) is 5.96 Å². The molecule has 1 aromatic carbocycles. The largest absolute Gasteiger partial charge is 0.492 e. The average Bonchev–Trinajstić information content (AvgIpc) is 2.58. The molecule has 2 rings (SSSR count). The van der Waals surface area contributed by atoms with E-state index in [1.807, 2.05) is 12.1 Å². The van der Waals surface area contributed by atoms with Crippen LogP contribution in [0.3, 0.4) is 0 Å². The standard InChI is InChI=1S/C20H33N3O2/c1-4-21-19(23-16-20(10-5-11-20)12-14-24-3)22-13-15-25-18-8-6-17(2)7-9-18/h6-9H,4-5,10-16H2,1-3H3,(H2,21,22,23). The number of aryl methyl sites for hydroxylation is 1. The van der Waals surface area contributed by atoms with E-state index in [0.717, 1.165) is 44.4 Å². The molecule has 0 unspecified atom stereocenters. The molecule has 1 aliphatic carbocycles. The molecule has 0 atom stereocenters. The second-order valence-electron chi connectivity index (χ2n) is 6.88. The molecule has 1 saturated carbocycles.